The zero-order valence-electron chi connectivity index (χ0n) is 20.8. The van der Waals surface area contributed by atoms with Crippen molar-refractivity contribution in [2.45, 2.75) is 16.2 Å². The number of nitrogens with zero attached hydrogens (tertiary/aromatic N) is 3. The summed E-state index contributed by atoms with van der Waals surface area (Å²) >= 11 is 2.15. The number of morpholine rings is 1. The number of nitro groups is 1. The number of H-pyrrole nitrogens is 1. The summed E-state index contributed by atoms with van der Waals surface area (Å²) in [5.41, 5.74) is 0.812. The van der Waals surface area contributed by atoms with Gasteiger partial charge in [-0.1, -0.05) is 35.2 Å². The number of imide groups is 1. The van der Waals surface area contributed by atoms with Gasteiger partial charge in [0.2, 0.25) is 11.8 Å². The smallest absolute Gasteiger partial charge is 0.305 e. The highest BCUT2D eigenvalue weighted by Crippen LogP contribution is 2.53. The Bertz CT molecular complexity index is 1550. The summed E-state index contributed by atoms with van der Waals surface area (Å²) in [4.78, 5) is 68.4. The van der Waals surface area contributed by atoms with Crippen molar-refractivity contribution >= 4 is 52.2 Å². The standard InChI is InChI=1S/C26H22N4O8S2/c31-18(28-9-11-37-12-10-28)13-38-17-7-1-14(2-8-17)19-20-22(39-23-21(19)40-26(34)27-23)25(33)29(24(20)32)15-3-5-16(6-4-15)30(35)36/h1-8,19-20,22H,9-13H2,(H,27,34). The molecule has 0 aliphatic carbocycles. The van der Waals surface area contributed by atoms with Gasteiger partial charge in [-0.05, 0) is 29.8 Å². The number of thiazole rings is 1. The minimum Gasteiger partial charge on any atom is -0.484 e. The van der Waals surface area contributed by atoms with Crippen molar-refractivity contribution in [3.63, 3.8) is 0 Å². The van der Waals surface area contributed by atoms with Crippen molar-refractivity contribution in [3.8, 4) is 5.75 Å². The monoisotopic (exact) mass is 582 g/mol. The van der Waals surface area contributed by atoms with Crippen LogP contribution in [0, 0.1) is 16.0 Å². The van der Waals surface area contributed by atoms with E-state index < -0.39 is 33.8 Å². The number of carbonyl (C=O) groups excluding carboxylic acids is 3. The zero-order chi connectivity index (χ0) is 28.0. The van der Waals surface area contributed by atoms with Crippen LogP contribution in [0.4, 0.5) is 11.4 Å². The SMILES string of the molecule is O=C(COc1ccc(C2c3sc(=O)[nH]c3SC3C(=O)N(c4ccc([N+](=O)[O-])cc4)C(=O)C32)cc1)N1CCOCC1. The molecular weight excluding hydrogens is 560 g/mol. The van der Waals surface area contributed by atoms with E-state index in [2.05, 4.69) is 4.98 Å². The number of amides is 3. The largest absolute Gasteiger partial charge is 0.484 e. The number of nitrogens with one attached hydrogen (secondary N) is 1. The van der Waals surface area contributed by atoms with Gasteiger partial charge in [-0.3, -0.25) is 29.3 Å². The Kier molecular flexibility index (Phi) is 6.90. The van der Waals surface area contributed by atoms with Gasteiger partial charge < -0.3 is 19.4 Å². The summed E-state index contributed by atoms with van der Waals surface area (Å²) in [6.07, 6.45) is 0. The summed E-state index contributed by atoms with van der Waals surface area (Å²) in [7, 11) is 0. The van der Waals surface area contributed by atoms with Gasteiger partial charge in [0.15, 0.2) is 6.61 Å². The number of ether oxygens (including phenoxy) is 2. The van der Waals surface area contributed by atoms with Gasteiger partial charge in [-0.25, -0.2) is 4.90 Å². The van der Waals surface area contributed by atoms with E-state index in [1.54, 1.807) is 29.2 Å². The van der Waals surface area contributed by atoms with Gasteiger partial charge in [0.25, 0.3) is 11.6 Å². The summed E-state index contributed by atoms with van der Waals surface area (Å²) in [5.74, 6) is -1.92. The number of nitro benzene ring substituents is 1. The molecule has 0 spiro atoms. The fourth-order valence-electron chi connectivity index (χ4n) is 5.17. The van der Waals surface area contributed by atoms with Crippen LogP contribution in [-0.4, -0.2) is 70.7 Å². The Hall–Kier alpha value is -4.01. The maximum absolute atomic E-state index is 13.8. The van der Waals surface area contributed by atoms with Gasteiger partial charge in [-0.15, -0.1) is 0 Å². The average Bonchev–Trinajstić information content (AvgIpc) is 3.46. The van der Waals surface area contributed by atoms with E-state index in [0.29, 0.717) is 47.5 Å². The fraction of sp³-hybridized carbons (Fsp3) is 0.308. The predicted octanol–water partition coefficient (Wildman–Crippen LogP) is 2.38. The van der Waals surface area contributed by atoms with E-state index in [-0.39, 0.29) is 28.8 Å². The van der Waals surface area contributed by atoms with Gasteiger partial charge in [0, 0.05) is 36.0 Å². The number of thioether (sulfide) groups is 1. The van der Waals surface area contributed by atoms with E-state index in [9.17, 15) is 29.3 Å². The number of rotatable bonds is 6. The molecule has 2 fully saturated rings. The lowest BCUT2D eigenvalue weighted by atomic mass is 9.83. The molecule has 14 heteroatoms. The topological polar surface area (TPSA) is 152 Å². The van der Waals surface area contributed by atoms with Crippen LogP contribution in [0.2, 0.25) is 0 Å². The van der Waals surface area contributed by atoms with Gasteiger partial charge in [0.1, 0.15) is 11.0 Å². The van der Waals surface area contributed by atoms with Gasteiger partial charge in [0.05, 0.1) is 34.8 Å². The molecule has 6 rings (SSSR count). The van der Waals surface area contributed by atoms with Gasteiger partial charge >= 0.3 is 4.87 Å². The molecule has 206 valence electrons. The Labute approximate surface area is 235 Å². The molecule has 4 heterocycles. The van der Waals surface area contributed by atoms with Crippen molar-refractivity contribution in [1.82, 2.24) is 9.88 Å². The number of aromatic nitrogens is 1. The molecule has 2 saturated heterocycles. The summed E-state index contributed by atoms with van der Waals surface area (Å²) in [5, 5.41) is 10.8. The molecule has 3 atom stereocenters. The van der Waals surface area contributed by atoms with Crippen LogP contribution in [0.25, 0.3) is 0 Å². The maximum atomic E-state index is 13.8. The molecule has 3 aliphatic heterocycles. The lowest BCUT2D eigenvalue weighted by Gasteiger charge is -2.30. The molecule has 3 amide bonds. The van der Waals surface area contributed by atoms with Crippen LogP contribution >= 0.6 is 23.1 Å². The average molecular weight is 583 g/mol. The summed E-state index contributed by atoms with van der Waals surface area (Å²) < 4.78 is 11.0. The molecule has 12 nitrogen and oxygen atoms in total. The molecule has 0 radical (unpaired) electrons. The van der Waals surface area contributed by atoms with Crippen LogP contribution in [0.3, 0.4) is 0 Å². The normalized spacial score (nSPS) is 22.1. The second-order valence-corrected chi connectivity index (χ2v) is 11.6. The molecule has 3 unspecified atom stereocenters. The first-order chi connectivity index (χ1) is 19.3. The molecular formula is C26H22N4O8S2. The van der Waals surface area contributed by atoms with Crippen LogP contribution in [0.5, 0.6) is 5.75 Å². The third-order valence-corrected chi connectivity index (χ3v) is 9.51. The third-order valence-electron chi connectivity index (χ3n) is 7.11. The number of non-ortho nitro benzene ring substituents is 1. The molecule has 0 saturated carbocycles. The summed E-state index contributed by atoms with van der Waals surface area (Å²) in [6, 6.07) is 12.2. The van der Waals surface area contributed by atoms with Crippen molar-refractivity contribution in [2.24, 2.45) is 5.92 Å². The Morgan fingerprint density at radius 2 is 1.75 bits per heavy atom. The van der Waals surface area contributed by atoms with E-state index >= 15 is 0 Å². The molecule has 3 aliphatic rings. The van der Waals surface area contributed by atoms with Crippen LogP contribution in [0.15, 0.2) is 58.4 Å². The lowest BCUT2D eigenvalue weighted by molar-refractivity contribution is -0.384. The first kappa shape index (κ1) is 26.2. The molecule has 40 heavy (non-hydrogen) atoms. The predicted molar refractivity (Wildman–Crippen MR) is 145 cm³/mol. The highest BCUT2D eigenvalue weighted by molar-refractivity contribution is 8.00. The van der Waals surface area contributed by atoms with Crippen molar-refractivity contribution in [3.05, 3.63) is 78.8 Å². The highest BCUT2D eigenvalue weighted by atomic mass is 32.2. The van der Waals surface area contributed by atoms with E-state index in [1.165, 1.54) is 24.3 Å². The fourth-order valence-corrected chi connectivity index (χ4v) is 7.69. The van der Waals surface area contributed by atoms with E-state index in [1.807, 2.05) is 0 Å². The van der Waals surface area contributed by atoms with Gasteiger partial charge in [-0.2, -0.15) is 0 Å². The van der Waals surface area contributed by atoms with Crippen LogP contribution < -0.4 is 14.5 Å². The zero-order valence-corrected chi connectivity index (χ0v) is 22.4. The number of anilines is 1. The first-order valence-corrected chi connectivity index (χ1v) is 14.1. The molecule has 1 aromatic heterocycles. The first-order valence-electron chi connectivity index (χ1n) is 12.4. The number of carbonyl (C=O) groups is 3. The van der Waals surface area contributed by atoms with E-state index in [0.717, 1.165) is 28.0 Å². The number of hydrogen-bond donors (Lipinski definition) is 1. The molecule has 0 bridgehead atoms. The number of aromatic amines is 1. The van der Waals surface area contributed by atoms with Crippen molar-refractivity contribution in [2.75, 3.05) is 37.8 Å². The summed E-state index contributed by atoms with van der Waals surface area (Å²) in [6.45, 7) is 1.92. The molecule has 1 N–H and O–H groups in total. The van der Waals surface area contributed by atoms with Crippen LogP contribution in [-0.2, 0) is 19.1 Å². The molecule has 3 aromatic rings. The maximum Gasteiger partial charge on any atom is 0.305 e. The third kappa shape index (κ3) is 4.67. The second-order valence-electron chi connectivity index (χ2n) is 9.39. The second kappa shape index (κ2) is 10.5. The lowest BCUT2D eigenvalue weighted by Crippen LogP contribution is -2.42. The minimum absolute atomic E-state index is 0.120. The number of benzene rings is 2. The Balaban J connectivity index is 1.27. The van der Waals surface area contributed by atoms with Crippen molar-refractivity contribution < 1.29 is 28.8 Å². The highest BCUT2D eigenvalue weighted by Gasteiger charge is 2.56. The number of hydrogen-bond acceptors (Lipinski definition) is 10. The van der Waals surface area contributed by atoms with E-state index in [4.69, 9.17) is 9.47 Å². The minimum atomic E-state index is -0.790. The quantitative estimate of drug-likeness (QED) is 0.262. The Morgan fingerprint density at radius 1 is 1.05 bits per heavy atom. The molecule has 2 aromatic carbocycles. The number of fused-ring (bicyclic) bond motifs is 2. The van der Waals surface area contributed by atoms with Crippen LogP contribution in [0.1, 0.15) is 16.4 Å². The van der Waals surface area contributed by atoms with Crippen molar-refractivity contribution in [1.29, 1.82) is 0 Å². The Morgan fingerprint density at radius 3 is 2.42 bits per heavy atom.